The number of carbonyl (C=O) groups is 1. The lowest BCUT2D eigenvalue weighted by molar-refractivity contribution is -0.154. The van der Waals surface area contributed by atoms with Crippen molar-refractivity contribution in [2.75, 3.05) is 18.1 Å². The van der Waals surface area contributed by atoms with Crippen molar-refractivity contribution in [2.45, 2.75) is 30.5 Å². The number of carbonyl (C=O) groups excluding carboxylic acids is 1. The maximum absolute atomic E-state index is 11.9. The Morgan fingerprint density at radius 3 is 2.29 bits per heavy atom. The van der Waals surface area contributed by atoms with Gasteiger partial charge in [0.05, 0.1) is 0 Å². The molecule has 1 saturated heterocycles. The zero-order chi connectivity index (χ0) is 10.8. The first-order chi connectivity index (χ1) is 6.40. The van der Waals surface area contributed by atoms with Gasteiger partial charge in [-0.25, -0.2) is 4.79 Å². The first-order valence-corrected chi connectivity index (χ1v) is 6.58. The van der Waals surface area contributed by atoms with Crippen LogP contribution in [0.2, 0.25) is 0 Å². The molecule has 0 radical (unpaired) electrons. The zero-order valence-corrected chi connectivity index (χ0v) is 10.5. The van der Waals surface area contributed by atoms with Crippen molar-refractivity contribution in [1.29, 1.82) is 0 Å². The van der Waals surface area contributed by atoms with Crippen molar-refractivity contribution < 1.29 is 9.53 Å². The highest BCUT2D eigenvalue weighted by Gasteiger charge is 2.44. The van der Waals surface area contributed by atoms with Crippen LogP contribution >= 0.6 is 23.5 Å². The summed E-state index contributed by atoms with van der Waals surface area (Å²) in [6, 6.07) is 0. The minimum absolute atomic E-state index is 0.181. The lowest BCUT2D eigenvalue weighted by Crippen LogP contribution is -2.42. The van der Waals surface area contributed by atoms with Gasteiger partial charge < -0.3 is 10.5 Å². The highest BCUT2D eigenvalue weighted by Crippen LogP contribution is 2.44. The summed E-state index contributed by atoms with van der Waals surface area (Å²) in [5.41, 5.74) is 5.22. The van der Waals surface area contributed by atoms with Crippen molar-refractivity contribution >= 4 is 29.5 Å². The summed E-state index contributed by atoms with van der Waals surface area (Å²) in [5.74, 6) is 1.77. The molecule has 14 heavy (non-hydrogen) atoms. The Kier molecular flexibility index (Phi) is 3.77. The van der Waals surface area contributed by atoms with Crippen LogP contribution in [0.3, 0.4) is 0 Å². The van der Waals surface area contributed by atoms with Gasteiger partial charge in [-0.2, -0.15) is 0 Å². The van der Waals surface area contributed by atoms with Crippen LogP contribution in [0.4, 0.5) is 0 Å². The molecule has 1 heterocycles. The van der Waals surface area contributed by atoms with E-state index >= 15 is 0 Å². The van der Waals surface area contributed by atoms with E-state index in [2.05, 4.69) is 0 Å². The Morgan fingerprint density at radius 1 is 1.43 bits per heavy atom. The summed E-state index contributed by atoms with van der Waals surface area (Å²) >= 11 is 3.20. The molecule has 82 valence electrons. The van der Waals surface area contributed by atoms with Gasteiger partial charge in [-0.3, -0.25) is 0 Å². The van der Waals surface area contributed by atoms with E-state index in [1.165, 1.54) is 0 Å². The second kappa shape index (κ2) is 4.33. The average molecular weight is 235 g/mol. The summed E-state index contributed by atoms with van der Waals surface area (Å²) in [7, 11) is 0. The quantitative estimate of drug-likeness (QED) is 0.734. The predicted molar refractivity (Wildman–Crippen MR) is 62.5 cm³/mol. The van der Waals surface area contributed by atoms with E-state index in [9.17, 15) is 4.79 Å². The molecule has 0 spiro atoms. The SMILES string of the molecule is CC(C)(C)OC(=O)C1(CN)SCCS1. The number of thioether (sulfide) groups is 2. The Hall–Kier alpha value is 0.130. The van der Waals surface area contributed by atoms with E-state index in [0.29, 0.717) is 6.54 Å². The molecule has 0 aromatic rings. The number of nitrogens with two attached hydrogens (primary N) is 1. The maximum Gasteiger partial charge on any atom is 0.334 e. The van der Waals surface area contributed by atoms with Crippen molar-refractivity contribution in [3.63, 3.8) is 0 Å². The number of esters is 1. The molecule has 0 unspecified atom stereocenters. The fraction of sp³-hybridized carbons (Fsp3) is 0.889. The third kappa shape index (κ3) is 2.81. The Morgan fingerprint density at radius 2 is 1.93 bits per heavy atom. The molecule has 3 nitrogen and oxygen atoms in total. The Labute approximate surface area is 93.5 Å². The first kappa shape index (κ1) is 12.2. The predicted octanol–water partition coefficient (Wildman–Crippen LogP) is 1.46. The molecule has 1 fully saturated rings. The highest BCUT2D eigenvalue weighted by atomic mass is 32.2. The molecule has 0 atom stereocenters. The van der Waals surface area contributed by atoms with Crippen LogP contribution < -0.4 is 5.73 Å². The van der Waals surface area contributed by atoms with Crippen LogP contribution in [0, 0.1) is 0 Å². The number of hydrogen-bond donors (Lipinski definition) is 1. The van der Waals surface area contributed by atoms with E-state index in [1.807, 2.05) is 20.8 Å². The summed E-state index contributed by atoms with van der Waals surface area (Å²) in [6.45, 7) is 5.97. The molecule has 5 heteroatoms. The van der Waals surface area contributed by atoms with Gasteiger partial charge in [-0.1, -0.05) is 0 Å². The molecular formula is C9H17NO2S2. The maximum atomic E-state index is 11.9. The Bertz CT molecular complexity index is 219. The van der Waals surface area contributed by atoms with Crippen LogP contribution in [0.1, 0.15) is 20.8 Å². The van der Waals surface area contributed by atoms with Gasteiger partial charge in [0.2, 0.25) is 0 Å². The van der Waals surface area contributed by atoms with Crippen molar-refractivity contribution in [2.24, 2.45) is 5.73 Å². The minimum Gasteiger partial charge on any atom is -0.458 e. The highest BCUT2D eigenvalue weighted by molar-refractivity contribution is 8.22. The third-order valence-corrected chi connectivity index (χ3v) is 5.11. The normalized spacial score (nSPS) is 20.9. The molecule has 2 N–H and O–H groups in total. The van der Waals surface area contributed by atoms with E-state index in [1.54, 1.807) is 23.5 Å². The Balaban J connectivity index is 2.66. The summed E-state index contributed by atoms with van der Waals surface area (Å²) in [5, 5.41) is 0. The van der Waals surface area contributed by atoms with Crippen LogP contribution in [-0.2, 0) is 9.53 Å². The fourth-order valence-electron chi connectivity index (χ4n) is 1.13. The topological polar surface area (TPSA) is 52.3 Å². The number of hydrogen-bond acceptors (Lipinski definition) is 5. The van der Waals surface area contributed by atoms with E-state index in [0.717, 1.165) is 11.5 Å². The lowest BCUT2D eigenvalue weighted by Gasteiger charge is -2.28. The van der Waals surface area contributed by atoms with Crippen molar-refractivity contribution in [1.82, 2.24) is 0 Å². The standard InChI is InChI=1S/C9H17NO2S2/c1-8(2,3)12-7(11)9(6-10)13-4-5-14-9/h4-6,10H2,1-3H3. The van der Waals surface area contributed by atoms with Crippen LogP contribution in [0.5, 0.6) is 0 Å². The first-order valence-electron chi connectivity index (χ1n) is 4.61. The van der Waals surface area contributed by atoms with Gasteiger partial charge in [0, 0.05) is 18.1 Å². The van der Waals surface area contributed by atoms with Crippen LogP contribution in [0.15, 0.2) is 0 Å². The summed E-state index contributed by atoms with van der Waals surface area (Å²) in [6.07, 6.45) is 0. The van der Waals surface area contributed by atoms with Crippen LogP contribution in [0.25, 0.3) is 0 Å². The monoisotopic (exact) mass is 235 g/mol. The van der Waals surface area contributed by atoms with Crippen molar-refractivity contribution in [3.05, 3.63) is 0 Å². The second-order valence-corrected chi connectivity index (χ2v) is 7.20. The molecule has 0 amide bonds. The molecule has 0 aliphatic carbocycles. The molecular weight excluding hydrogens is 218 g/mol. The van der Waals surface area contributed by atoms with Gasteiger partial charge in [-0.05, 0) is 20.8 Å². The third-order valence-electron chi connectivity index (χ3n) is 1.73. The van der Waals surface area contributed by atoms with Gasteiger partial charge in [-0.15, -0.1) is 23.5 Å². The molecule has 1 aliphatic rings. The number of ether oxygens (including phenoxy) is 1. The second-order valence-electron chi connectivity index (χ2n) is 4.16. The van der Waals surface area contributed by atoms with Gasteiger partial charge >= 0.3 is 5.97 Å². The summed E-state index contributed by atoms with van der Waals surface area (Å²) in [4.78, 5) is 11.9. The molecule has 0 bridgehead atoms. The average Bonchev–Trinajstić information content (AvgIpc) is 2.49. The minimum atomic E-state index is -0.548. The molecule has 0 saturated carbocycles. The van der Waals surface area contributed by atoms with Crippen LogP contribution in [-0.4, -0.2) is 33.7 Å². The van der Waals surface area contributed by atoms with Crippen molar-refractivity contribution in [3.8, 4) is 0 Å². The van der Waals surface area contributed by atoms with Gasteiger partial charge in [0.15, 0.2) is 4.08 Å². The molecule has 1 rings (SSSR count). The lowest BCUT2D eigenvalue weighted by atomic mass is 10.2. The number of rotatable bonds is 2. The fourth-order valence-corrected chi connectivity index (χ4v) is 3.84. The van der Waals surface area contributed by atoms with Gasteiger partial charge in [0.1, 0.15) is 5.60 Å². The molecule has 0 aromatic carbocycles. The van der Waals surface area contributed by atoms with E-state index in [-0.39, 0.29) is 5.97 Å². The summed E-state index contributed by atoms with van der Waals surface area (Å²) < 4.78 is 4.81. The molecule has 0 aromatic heterocycles. The van der Waals surface area contributed by atoms with E-state index < -0.39 is 9.68 Å². The van der Waals surface area contributed by atoms with E-state index in [4.69, 9.17) is 10.5 Å². The zero-order valence-electron chi connectivity index (χ0n) is 8.83. The largest absolute Gasteiger partial charge is 0.458 e. The van der Waals surface area contributed by atoms with Gasteiger partial charge in [0.25, 0.3) is 0 Å². The smallest absolute Gasteiger partial charge is 0.334 e. The molecule has 1 aliphatic heterocycles.